The second-order valence-corrected chi connectivity index (χ2v) is 14.3. The molecule has 2 heterocycles. The van der Waals surface area contributed by atoms with Crippen LogP contribution in [0.15, 0.2) is 24.4 Å². The van der Waals surface area contributed by atoms with Crippen LogP contribution in [0.4, 0.5) is 0 Å². The molecule has 6 nitrogen and oxygen atoms in total. The zero-order valence-corrected chi connectivity index (χ0v) is 18.6. The molecular weight excluding hydrogens is 382 g/mol. The van der Waals surface area contributed by atoms with Gasteiger partial charge in [-0.2, -0.15) is 0 Å². The molecule has 0 radical (unpaired) electrons. The van der Waals surface area contributed by atoms with E-state index in [4.69, 9.17) is 21.1 Å². The van der Waals surface area contributed by atoms with Crippen LogP contribution in [0.1, 0.15) is 37.6 Å². The quantitative estimate of drug-likeness (QED) is 0.349. The molecular formula is C19H28ClN3O3Si. The van der Waals surface area contributed by atoms with E-state index in [1.165, 1.54) is 0 Å². The van der Waals surface area contributed by atoms with Gasteiger partial charge in [-0.1, -0.05) is 45.1 Å². The van der Waals surface area contributed by atoms with Crippen molar-refractivity contribution in [1.29, 1.82) is 0 Å². The number of hydrogen-bond acceptors (Lipinski definition) is 5. The Morgan fingerprint density at radius 2 is 1.96 bits per heavy atom. The van der Waals surface area contributed by atoms with Crippen molar-refractivity contribution in [3.8, 4) is 11.7 Å². The number of halogens is 1. The second-order valence-electron chi connectivity index (χ2n) is 8.06. The highest BCUT2D eigenvalue weighted by molar-refractivity contribution is 6.79. The van der Waals surface area contributed by atoms with Crippen LogP contribution in [0, 0.1) is 0 Å². The molecule has 0 amide bonds. The van der Waals surface area contributed by atoms with Gasteiger partial charge in [0, 0.05) is 12.3 Å². The Morgan fingerprint density at radius 1 is 1.26 bits per heavy atom. The van der Waals surface area contributed by atoms with Gasteiger partial charge in [0.25, 0.3) is 0 Å². The molecule has 0 aromatic carbocycles. The number of rotatable bonds is 8. The van der Waals surface area contributed by atoms with E-state index >= 15 is 0 Å². The highest BCUT2D eigenvalue weighted by Gasteiger charge is 2.34. The Bertz CT molecular complexity index is 800. The van der Waals surface area contributed by atoms with Crippen LogP contribution in [-0.2, 0) is 4.74 Å². The Hall–Kier alpha value is -1.86. The van der Waals surface area contributed by atoms with Crippen LogP contribution in [0.2, 0.25) is 29.8 Å². The smallest absolute Gasteiger partial charge is 0.341 e. The lowest BCUT2D eigenvalue weighted by molar-refractivity contribution is 0.0526. The fourth-order valence-corrected chi connectivity index (χ4v) is 3.29. The minimum absolute atomic E-state index is 0.0841. The molecule has 0 unspecified atom stereocenters. The van der Waals surface area contributed by atoms with Crippen molar-refractivity contribution in [2.45, 2.75) is 51.9 Å². The van der Waals surface area contributed by atoms with E-state index in [1.54, 1.807) is 36.0 Å². The average molecular weight is 410 g/mol. The third kappa shape index (κ3) is 5.32. The molecule has 2 aromatic heterocycles. The lowest BCUT2D eigenvalue weighted by Gasteiger charge is -2.37. The molecule has 27 heavy (non-hydrogen) atoms. The van der Waals surface area contributed by atoms with Crippen molar-refractivity contribution < 1.29 is 14.3 Å². The maximum Gasteiger partial charge on any atom is 0.341 e. The lowest BCUT2D eigenvalue weighted by atomic mass is 10.1. The topological polar surface area (TPSA) is 66.2 Å². The fraction of sp³-hybridized carbons (Fsp3) is 0.526. The number of nitrogens with zero attached hydrogens (tertiary/aromatic N) is 3. The molecule has 0 aliphatic carbocycles. The average Bonchev–Trinajstić information content (AvgIpc) is 3.02. The molecule has 2 rings (SSSR count). The first-order valence-electron chi connectivity index (χ1n) is 9.07. The third-order valence-corrected chi connectivity index (χ3v) is 9.73. The molecule has 2 aromatic rings. The SMILES string of the molecule is CCOC(=O)c1ccc(-n2ccc(OCCC(C)(C)[Si](C)(C)C)n2)nc1Cl. The predicted molar refractivity (Wildman–Crippen MR) is 110 cm³/mol. The number of hydrogen-bond donors (Lipinski definition) is 0. The minimum atomic E-state index is -1.27. The maximum absolute atomic E-state index is 11.8. The summed E-state index contributed by atoms with van der Waals surface area (Å²) in [4.78, 5) is 16.0. The Kier molecular flexibility index (Phi) is 6.70. The van der Waals surface area contributed by atoms with Crippen LogP contribution in [0.3, 0.4) is 0 Å². The molecule has 0 saturated heterocycles. The molecule has 0 atom stereocenters. The number of aromatic nitrogens is 3. The first-order chi connectivity index (χ1) is 12.5. The van der Waals surface area contributed by atoms with Gasteiger partial charge in [0.1, 0.15) is 5.15 Å². The van der Waals surface area contributed by atoms with E-state index in [2.05, 4.69) is 43.6 Å². The van der Waals surface area contributed by atoms with E-state index in [0.717, 1.165) is 6.42 Å². The van der Waals surface area contributed by atoms with Gasteiger partial charge in [-0.15, -0.1) is 5.10 Å². The number of carbonyl (C=O) groups excluding carboxylic acids is 1. The van der Waals surface area contributed by atoms with Crippen molar-refractivity contribution in [2.75, 3.05) is 13.2 Å². The predicted octanol–water partition coefficient (Wildman–Crippen LogP) is 4.98. The monoisotopic (exact) mass is 409 g/mol. The molecule has 0 N–H and O–H groups in total. The summed E-state index contributed by atoms with van der Waals surface area (Å²) in [5.41, 5.74) is 0.236. The van der Waals surface area contributed by atoms with Crippen molar-refractivity contribution >= 4 is 25.6 Å². The maximum atomic E-state index is 11.8. The second kappa shape index (κ2) is 8.44. The van der Waals surface area contributed by atoms with E-state index in [0.29, 0.717) is 18.3 Å². The molecule has 0 saturated carbocycles. The number of pyridine rings is 1. The molecule has 0 bridgehead atoms. The lowest BCUT2D eigenvalue weighted by Crippen LogP contribution is -2.36. The van der Waals surface area contributed by atoms with Crippen LogP contribution in [0.5, 0.6) is 5.88 Å². The summed E-state index contributed by atoms with van der Waals surface area (Å²) in [5.74, 6) is 0.551. The summed E-state index contributed by atoms with van der Waals surface area (Å²) in [6.45, 7) is 14.4. The normalized spacial score (nSPS) is 12.1. The van der Waals surface area contributed by atoms with E-state index < -0.39 is 14.0 Å². The summed E-state index contributed by atoms with van der Waals surface area (Å²) in [6.07, 6.45) is 2.73. The zero-order chi connectivity index (χ0) is 20.2. The van der Waals surface area contributed by atoms with Gasteiger partial charge < -0.3 is 9.47 Å². The van der Waals surface area contributed by atoms with Crippen molar-refractivity contribution in [1.82, 2.24) is 14.8 Å². The summed E-state index contributed by atoms with van der Waals surface area (Å²) in [6, 6.07) is 5.04. The Morgan fingerprint density at radius 3 is 2.56 bits per heavy atom. The van der Waals surface area contributed by atoms with E-state index in [-0.39, 0.29) is 22.4 Å². The number of ether oxygens (including phenoxy) is 2. The highest BCUT2D eigenvalue weighted by atomic mass is 35.5. The van der Waals surface area contributed by atoms with Gasteiger partial charge in [0.15, 0.2) is 5.82 Å². The Labute approximate surface area is 166 Å². The van der Waals surface area contributed by atoms with E-state index in [1.807, 2.05) is 0 Å². The van der Waals surface area contributed by atoms with Crippen molar-refractivity contribution in [2.24, 2.45) is 0 Å². The standard InChI is InChI=1S/C19H28ClN3O3Si/c1-7-25-18(24)14-8-9-15(21-17(14)20)23-12-10-16(22-23)26-13-11-19(2,3)27(4,5)6/h8-10,12H,7,11,13H2,1-6H3. The van der Waals surface area contributed by atoms with Gasteiger partial charge in [-0.3, -0.25) is 0 Å². The van der Waals surface area contributed by atoms with Gasteiger partial charge in [0.05, 0.1) is 26.9 Å². The summed E-state index contributed by atoms with van der Waals surface area (Å²) < 4.78 is 12.3. The van der Waals surface area contributed by atoms with Gasteiger partial charge in [-0.05, 0) is 30.5 Å². The Balaban J connectivity index is 2.03. The van der Waals surface area contributed by atoms with Crippen LogP contribution >= 0.6 is 11.6 Å². The van der Waals surface area contributed by atoms with E-state index in [9.17, 15) is 4.79 Å². The van der Waals surface area contributed by atoms with Crippen molar-refractivity contribution in [3.05, 3.63) is 35.1 Å². The summed E-state index contributed by atoms with van der Waals surface area (Å²) in [7, 11) is -1.27. The molecule has 0 fully saturated rings. The molecule has 0 aliphatic rings. The van der Waals surface area contributed by atoms with Crippen LogP contribution < -0.4 is 4.74 Å². The highest BCUT2D eigenvalue weighted by Crippen LogP contribution is 2.40. The van der Waals surface area contributed by atoms with Crippen molar-refractivity contribution in [3.63, 3.8) is 0 Å². The summed E-state index contributed by atoms with van der Waals surface area (Å²) >= 11 is 6.11. The number of carbonyl (C=O) groups is 1. The minimum Gasteiger partial charge on any atom is -0.477 e. The largest absolute Gasteiger partial charge is 0.477 e. The first kappa shape index (κ1) is 21.4. The molecule has 0 aliphatic heterocycles. The molecule has 8 heteroatoms. The van der Waals surface area contributed by atoms with Gasteiger partial charge in [-0.25, -0.2) is 14.5 Å². The zero-order valence-electron chi connectivity index (χ0n) is 16.9. The van der Waals surface area contributed by atoms with Gasteiger partial charge >= 0.3 is 5.97 Å². The van der Waals surface area contributed by atoms with Crippen LogP contribution in [0.25, 0.3) is 5.82 Å². The summed E-state index contributed by atoms with van der Waals surface area (Å²) in [5, 5.41) is 4.75. The first-order valence-corrected chi connectivity index (χ1v) is 13.0. The third-order valence-electron chi connectivity index (χ3n) is 5.14. The fourth-order valence-electron chi connectivity index (χ4n) is 2.21. The number of esters is 1. The van der Waals surface area contributed by atoms with Gasteiger partial charge in [0.2, 0.25) is 5.88 Å². The molecule has 148 valence electrons. The van der Waals surface area contributed by atoms with Crippen LogP contribution in [-0.4, -0.2) is 42.0 Å². The molecule has 0 spiro atoms.